The fraction of sp³-hybridized carbons (Fsp3) is 0.588. The molecule has 1 atom stereocenters. The highest BCUT2D eigenvalue weighted by Crippen LogP contribution is 2.31. The van der Waals surface area contributed by atoms with Gasteiger partial charge in [0.1, 0.15) is 11.5 Å². The number of carbonyl (C=O) groups excluding carboxylic acids is 1. The molecule has 2 aromatic heterocycles. The van der Waals surface area contributed by atoms with Crippen LogP contribution in [-0.4, -0.2) is 36.5 Å². The van der Waals surface area contributed by atoms with Gasteiger partial charge in [-0.1, -0.05) is 0 Å². The fourth-order valence-electron chi connectivity index (χ4n) is 3.21. The number of hydrogen-bond acceptors (Lipinski definition) is 3. The lowest BCUT2D eigenvalue weighted by Gasteiger charge is -2.35. The second-order valence-corrected chi connectivity index (χ2v) is 6.38. The summed E-state index contributed by atoms with van der Waals surface area (Å²) in [5.74, 6) is 1.00. The summed E-state index contributed by atoms with van der Waals surface area (Å²) in [6, 6.07) is 0.357. The van der Waals surface area contributed by atoms with Crippen molar-refractivity contribution in [1.82, 2.24) is 24.0 Å². The van der Waals surface area contributed by atoms with Crippen LogP contribution in [0.1, 0.15) is 68.4 Å². The standard InChI is InChI=1S/C17H25N5O/c1-4-20-10-8-18-16(20)15-7-5-6-9-22(15)17(23)14-11-21(12-19-14)13(2)3/h8,10-13,15H,4-7,9H2,1-3H3/t15-/m1/s1. The van der Waals surface area contributed by atoms with Gasteiger partial charge in [-0.25, -0.2) is 9.97 Å². The Labute approximate surface area is 137 Å². The Morgan fingerprint density at radius 3 is 2.87 bits per heavy atom. The average molecular weight is 315 g/mol. The molecule has 0 aliphatic carbocycles. The molecule has 1 aliphatic rings. The van der Waals surface area contributed by atoms with Crippen molar-refractivity contribution >= 4 is 5.91 Å². The zero-order valence-corrected chi connectivity index (χ0v) is 14.1. The third-order valence-corrected chi connectivity index (χ3v) is 4.57. The van der Waals surface area contributed by atoms with Crippen molar-refractivity contribution in [3.8, 4) is 0 Å². The lowest BCUT2D eigenvalue weighted by molar-refractivity contribution is 0.0589. The van der Waals surface area contributed by atoms with E-state index < -0.39 is 0 Å². The van der Waals surface area contributed by atoms with Crippen LogP contribution in [0.15, 0.2) is 24.9 Å². The normalized spacial score (nSPS) is 18.6. The van der Waals surface area contributed by atoms with E-state index >= 15 is 0 Å². The first kappa shape index (κ1) is 15.8. The van der Waals surface area contributed by atoms with Gasteiger partial charge in [0.05, 0.1) is 12.4 Å². The van der Waals surface area contributed by atoms with E-state index in [-0.39, 0.29) is 11.9 Å². The number of hydrogen-bond donors (Lipinski definition) is 0. The van der Waals surface area contributed by atoms with E-state index in [1.54, 1.807) is 6.33 Å². The number of aryl methyl sites for hydroxylation is 1. The molecule has 3 rings (SSSR count). The average Bonchev–Trinajstić information content (AvgIpc) is 3.23. The first-order valence-electron chi connectivity index (χ1n) is 8.47. The molecule has 6 nitrogen and oxygen atoms in total. The van der Waals surface area contributed by atoms with Gasteiger partial charge in [0.15, 0.2) is 0 Å². The molecule has 2 aromatic rings. The molecule has 1 amide bonds. The molecule has 124 valence electrons. The van der Waals surface area contributed by atoms with Crippen LogP contribution in [0.25, 0.3) is 0 Å². The summed E-state index contributed by atoms with van der Waals surface area (Å²) >= 11 is 0. The highest BCUT2D eigenvalue weighted by Gasteiger charge is 2.32. The molecule has 0 unspecified atom stereocenters. The molecule has 1 aliphatic heterocycles. The smallest absolute Gasteiger partial charge is 0.274 e. The van der Waals surface area contributed by atoms with Gasteiger partial charge in [-0.2, -0.15) is 0 Å². The molecule has 1 fully saturated rings. The summed E-state index contributed by atoms with van der Waals surface area (Å²) in [6.45, 7) is 7.91. The summed E-state index contributed by atoms with van der Waals surface area (Å²) in [5.41, 5.74) is 0.528. The molecule has 0 aromatic carbocycles. The van der Waals surface area contributed by atoms with Crippen LogP contribution < -0.4 is 0 Å². The van der Waals surface area contributed by atoms with Gasteiger partial charge in [0, 0.05) is 37.7 Å². The predicted molar refractivity (Wildman–Crippen MR) is 88.1 cm³/mol. The van der Waals surface area contributed by atoms with Crippen LogP contribution in [0.4, 0.5) is 0 Å². The Kier molecular flexibility index (Phi) is 4.50. The largest absolute Gasteiger partial charge is 0.334 e. The van der Waals surface area contributed by atoms with Gasteiger partial charge < -0.3 is 14.0 Å². The number of aromatic nitrogens is 4. The first-order chi connectivity index (χ1) is 11.1. The van der Waals surface area contributed by atoms with Gasteiger partial charge in [-0.05, 0) is 40.0 Å². The maximum atomic E-state index is 13.0. The van der Waals surface area contributed by atoms with Crippen LogP contribution in [0.2, 0.25) is 0 Å². The highest BCUT2D eigenvalue weighted by molar-refractivity contribution is 5.92. The van der Waals surface area contributed by atoms with Crippen LogP contribution in [0.5, 0.6) is 0 Å². The van der Waals surface area contributed by atoms with Gasteiger partial charge in [0.25, 0.3) is 5.91 Å². The number of carbonyl (C=O) groups is 1. The minimum atomic E-state index is 0.0137. The quantitative estimate of drug-likeness (QED) is 0.871. The van der Waals surface area contributed by atoms with E-state index in [4.69, 9.17) is 0 Å². The lowest BCUT2D eigenvalue weighted by Crippen LogP contribution is -2.39. The van der Waals surface area contributed by atoms with Gasteiger partial charge in [0.2, 0.25) is 0 Å². The number of likely N-dealkylation sites (tertiary alicyclic amines) is 1. The summed E-state index contributed by atoms with van der Waals surface area (Å²) in [4.78, 5) is 23.7. The molecule has 0 radical (unpaired) electrons. The van der Waals surface area contributed by atoms with Crippen molar-refractivity contribution in [3.63, 3.8) is 0 Å². The Morgan fingerprint density at radius 2 is 2.17 bits per heavy atom. The van der Waals surface area contributed by atoms with Crippen molar-refractivity contribution in [2.45, 2.75) is 58.7 Å². The number of imidazole rings is 2. The molecule has 0 spiro atoms. The Bertz CT molecular complexity index is 672. The fourth-order valence-corrected chi connectivity index (χ4v) is 3.21. The van der Waals surface area contributed by atoms with Crippen LogP contribution in [0.3, 0.4) is 0 Å². The molecule has 0 saturated carbocycles. The minimum Gasteiger partial charge on any atom is -0.334 e. The third kappa shape index (κ3) is 3.02. The summed E-state index contributed by atoms with van der Waals surface area (Å²) < 4.78 is 4.10. The topological polar surface area (TPSA) is 56.0 Å². The molecular formula is C17H25N5O. The van der Waals surface area contributed by atoms with E-state index in [9.17, 15) is 4.79 Å². The lowest BCUT2D eigenvalue weighted by atomic mass is 10.0. The predicted octanol–water partition coefficient (Wildman–Crippen LogP) is 3.05. The van der Waals surface area contributed by atoms with Crippen LogP contribution >= 0.6 is 0 Å². The minimum absolute atomic E-state index is 0.0137. The highest BCUT2D eigenvalue weighted by atomic mass is 16.2. The molecule has 6 heteroatoms. The molecule has 0 N–H and O–H groups in total. The zero-order valence-electron chi connectivity index (χ0n) is 14.1. The second-order valence-electron chi connectivity index (χ2n) is 6.38. The maximum absolute atomic E-state index is 13.0. The monoisotopic (exact) mass is 315 g/mol. The summed E-state index contributed by atoms with van der Waals surface area (Å²) in [6.07, 6.45) is 10.5. The van der Waals surface area contributed by atoms with E-state index in [0.29, 0.717) is 11.7 Å². The number of rotatable bonds is 4. The zero-order chi connectivity index (χ0) is 16.4. The van der Waals surface area contributed by atoms with Crippen molar-refractivity contribution in [2.75, 3.05) is 6.54 Å². The van der Waals surface area contributed by atoms with Crippen molar-refractivity contribution in [1.29, 1.82) is 0 Å². The van der Waals surface area contributed by atoms with Gasteiger partial charge >= 0.3 is 0 Å². The molecule has 0 bridgehead atoms. The van der Waals surface area contributed by atoms with Crippen molar-refractivity contribution in [2.24, 2.45) is 0 Å². The SMILES string of the molecule is CCn1ccnc1[C@H]1CCCCN1C(=O)c1cn(C(C)C)cn1. The number of piperidine rings is 1. The first-order valence-corrected chi connectivity index (χ1v) is 8.47. The van der Waals surface area contributed by atoms with Crippen molar-refractivity contribution in [3.05, 3.63) is 36.4 Å². The summed E-state index contributed by atoms with van der Waals surface area (Å²) in [7, 11) is 0. The van der Waals surface area contributed by atoms with Crippen LogP contribution in [0, 0.1) is 0 Å². The maximum Gasteiger partial charge on any atom is 0.274 e. The summed E-state index contributed by atoms with van der Waals surface area (Å²) in [5, 5.41) is 0. The van der Waals surface area contributed by atoms with Crippen molar-refractivity contribution < 1.29 is 4.79 Å². The van der Waals surface area contributed by atoms with E-state index in [1.165, 1.54) is 0 Å². The second kappa shape index (κ2) is 6.56. The molecular weight excluding hydrogens is 290 g/mol. The van der Waals surface area contributed by atoms with Crippen LogP contribution in [-0.2, 0) is 6.54 Å². The number of amides is 1. The number of nitrogens with zero attached hydrogens (tertiary/aromatic N) is 5. The molecule has 3 heterocycles. The van der Waals surface area contributed by atoms with E-state index in [0.717, 1.165) is 38.2 Å². The Balaban J connectivity index is 1.87. The molecule has 23 heavy (non-hydrogen) atoms. The van der Waals surface area contributed by atoms with Gasteiger partial charge in [-0.15, -0.1) is 0 Å². The third-order valence-electron chi connectivity index (χ3n) is 4.57. The van der Waals surface area contributed by atoms with Gasteiger partial charge in [-0.3, -0.25) is 4.79 Å². The Hall–Kier alpha value is -2.11. The molecule has 1 saturated heterocycles. The van der Waals surface area contributed by atoms with E-state index in [1.807, 2.05) is 28.1 Å². The van der Waals surface area contributed by atoms with E-state index in [2.05, 4.69) is 35.3 Å². The Morgan fingerprint density at radius 1 is 1.35 bits per heavy atom.